The molecule has 0 aliphatic rings. The maximum absolute atomic E-state index is 10.6. The molecule has 0 radical (unpaired) electrons. The van der Waals surface area contributed by atoms with E-state index in [1.54, 1.807) is 6.92 Å². The largest absolute Gasteiger partial charge is 0.481 e. The lowest BCUT2D eigenvalue weighted by Crippen LogP contribution is -2.20. The molecule has 1 unspecified atom stereocenters. The third-order valence-electron chi connectivity index (χ3n) is 2.39. The van der Waals surface area contributed by atoms with Gasteiger partial charge in [0.25, 0.3) is 0 Å². The normalized spacial score (nSPS) is 11.6. The fourth-order valence-corrected chi connectivity index (χ4v) is 1.53. The molecule has 1 aromatic carbocycles. The van der Waals surface area contributed by atoms with E-state index in [-0.39, 0.29) is 18.3 Å². The van der Waals surface area contributed by atoms with Crippen LogP contribution < -0.4 is 5.32 Å². The summed E-state index contributed by atoms with van der Waals surface area (Å²) in [7, 11) is 0. The Morgan fingerprint density at radius 3 is 2.82 bits per heavy atom. The zero-order valence-corrected chi connectivity index (χ0v) is 11.2. The summed E-state index contributed by atoms with van der Waals surface area (Å²) >= 11 is 5.84. The van der Waals surface area contributed by atoms with Crippen molar-refractivity contribution in [2.75, 3.05) is 6.54 Å². The van der Waals surface area contributed by atoms with Crippen LogP contribution in [-0.4, -0.2) is 17.6 Å². The second-order valence-corrected chi connectivity index (χ2v) is 4.27. The number of benzene rings is 1. The van der Waals surface area contributed by atoms with E-state index in [0.29, 0.717) is 19.5 Å². The van der Waals surface area contributed by atoms with Gasteiger partial charge in [-0.2, -0.15) is 0 Å². The first kappa shape index (κ1) is 16.2. The molecule has 0 aromatic heterocycles. The van der Waals surface area contributed by atoms with E-state index in [1.807, 2.05) is 24.3 Å². The van der Waals surface area contributed by atoms with Gasteiger partial charge in [0.1, 0.15) is 0 Å². The maximum Gasteiger partial charge on any atom is 0.306 e. The zero-order valence-electron chi connectivity index (χ0n) is 9.65. The van der Waals surface area contributed by atoms with E-state index in [4.69, 9.17) is 16.7 Å². The molecule has 0 bridgehead atoms. The van der Waals surface area contributed by atoms with E-state index in [1.165, 1.54) is 0 Å². The first-order valence-electron chi connectivity index (χ1n) is 5.27. The second-order valence-electron chi connectivity index (χ2n) is 3.83. The average molecular weight is 278 g/mol. The van der Waals surface area contributed by atoms with Gasteiger partial charge in [0, 0.05) is 11.6 Å². The van der Waals surface area contributed by atoms with Crippen LogP contribution in [0.4, 0.5) is 0 Å². The van der Waals surface area contributed by atoms with E-state index in [2.05, 4.69) is 5.32 Å². The Labute approximate surface area is 113 Å². The van der Waals surface area contributed by atoms with E-state index >= 15 is 0 Å². The van der Waals surface area contributed by atoms with Crippen molar-refractivity contribution in [2.45, 2.75) is 19.9 Å². The van der Waals surface area contributed by atoms with Crippen LogP contribution in [0, 0.1) is 5.92 Å². The molecule has 3 nitrogen and oxygen atoms in total. The molecule has 0 spiro atoms. The Bertz CT molecular complexity index is 358. The number of carboxylic acid groups (broad SMARTS) is 1. The molecule has 1 aromatic rings. The van der Waals surface area contributed by atoms with Crippen molar-refractivity contribution >= 4 is 30.0 Å². The highest BCUT2D eigenvalue weighted by atomic mass is 35.5. The summed E-state index contributed by atoms with van der Waals surface area (Å²) in [6.45, 7) is 3.12. The molecule has 1 rings (SSSR count). The SMILES string of the molecule is CC(CCNCc1cccc(Cl)c1)C(=O)O.Cl. The third-order valence-corrected chi connectivity index (χ3v) is 2.63. The lowest BCUT2D eigenvalue weighted by Gasteiger charge is -2.07. The fourth-order valence-electron chi connectivity index (χ4n) is 1.32. The molecule has 0 saturated carbocycles. The van der Waals surface area contributed by atoms with Crippen LogP contribution in [0.3, 0.4) is 0 Å². The van der Waals surface area contributed by atoms with Gasteiger partial charge in [-0.3, -0.25) is 4.79 Å². The molecule has 2 N–H and O–H groups in total. The van der Waals surface area contributed by atoms with Gasteiger partial charge >= 0.3 is 5.97 Å². The molecular formula is C12H17Cl2NO2. The standard InChI is InChI=1S/C12H16ClNO2.ClH/c1-9(12(15)16)5-6-14-8-10-3-2-4-11(13)7-10;/h2-4,7,9,14H,5-6,8H2,1H3,(H,15,16);1H. The molecule has 96 valence electrons. The van der Waals surface area contributed by atoms with Crippen LogP contribution in [0.2, 0.25) is 5.02 Å². The van der Waals surface area contributed by atoms with Crippen molar-refractivity contribution in [1.29, 1.82) is 0 Å². The number of nitrogens with one attached hydrogen (secondary N) is 1. The molecule has 1 atom stereocenters. The van der Waals surface area contributed by atoms with Gasteiger partial charge in [-0.15, -0.1) is 12.4 Å². The van der Waals surface area contributed by atoms with Crippen LogP contribution >= 0.6 is 24.0 Å². The van der Waals surface area contributed by atoms with E-state index in [0.717, 1.165) is 10.6 Å². The summed E-state index contributed by atoms with van der Waals surface area (Å²) < 4.78 is 0. The van der Waals surface area contributed by atoms with Gasteiger partial charge in [0.05, 0.1) is 5.92 Å². The molecule has 0 saturated heterocycles. The second kappa shape index (κ2) is 8.34. The first-order valence-corrected chi connectivity index (χ1v) is 5.65. The lowest BCUT2D eigenvalue weighted by molar-refractivity contribution is -0.141. The van der Waals surface area contributed by atoms with Crippen molar-refractivity contribution in [3.63, 3.8) is 0 Å². The van der Waals surface area contributed by atoms with Gasteiger partial charge in [0.2, 0.25) is 0 Å². The summed E-state index contributed by atoms with van der Waals surface area (Å²) in [6, 6.07) is 7.62. The summed E-state index contributed by atoms with van der Waals surface area (Å²) in [5.41, 5.74) is 1.11. The number of halogens is 2. The van der Waals surface area contributed by atoms with E-state index < -0.39 is 5.97 Å². The minimum atomic E-state index is -0.746. The van der Waals surface area contributed by atoms with Crippen LogP contribution in [0.15, 0.2) is 24.3 Å². The molecule has 0 heterocycles. The predicted octanol–water partition coefficient (Wildman–Crippen LogP) is 2.96. The summed E-state index contributed by atoms with van der Waals surface area (Å²) in [4.78, 5) is 10.6. The Morgan fingerprint density at radius 1 is 1.53 bits per heavy atom. The number of carbonyl (C=O) groups is 1. The van der Waals surface area contributed by atoms with Crippen LogP contribution in [0.25, 0.3) is 0 Å². The van der Waals surface area contributed by atoms with E-state index in [9.17, 15) is 4.79 Å². The lowest BCUT2D eigenvalue weighted by atomic mass is 10.1. The highest BCUT2D eigenvalue weighted by Crippen LogP contribution is 2.10. The highest BCUT2D eigenvalue weighted by molar-refractivity contribution is 6.30. The predicted molar refractivity (Wildman–Crippen MR) is 71.8 cm³/mol. The number of hydrogen-bond donors (Lipinski definition) is 2. The molecule has 0 fully saturated rings. The number of carboxylic acids is 1. The van der Waals surface area contributed by atoms with Crippen molar-refractivity contribution in [3.05, 3.63) is 34.9 Å². The smallest absolute Gasteiger partial charge is 0.306 e. The van der Waals surface area contributed by atoms with Crippen molar-refractivity contribution < 1.29 is 9.90 Å². The number of aliphatic carboxylic acids is 1. The van der Waals surface area contributed by atoms with Crippen molar-refractivity contribution in [2.24, 2.45) is 5.92 Å². The molecule has 0 amide bonds. The summed E-state index contributed by atoms with van der Waals surface area (Å²) in [6.07, 6.45) is 0.635. The Hall–Kier alpha value is -0.770. The summed E-state index contributed by atoms with van der Waals surface area (Å²) in [5.74, 6) is -1.04. The molecular weight excluding hydrogens is 261 g/mol. The molecule has 17 heavy (non-hydrogen) atoms. The quantitative estimate of drug-likeness (QED) is 0.786. The minimum absolute atomic E-state index is 0. The Morgan fingerprint density at radius 2 is 2.24 bits per heavy atom. The highest BCUT2D eigenvalue weighted by Gasteiger charge is 2.09. The molecule has 0 aliphatic heterocycles. The first-order chi connectivity index (χ1) is 7.59. The van der Waals surface area contributed by atoms with Crippen molar-refractivity contribution in [1.82, 2.24) is 5.32 Å². The van der Waals surface area contributed by atoms with Gasteiger partial charge in [-0.25, -0.2) is 0 Å². The summed E-state index contributed by atoms with van der Waals surface area (Å²) in [5, 5.41) is 12.6. The van der Waals surface area contributed by atoms with Gasteiger partial charge in [0.15, 0.2) is 0 Å². The fraction of sp³-hybridized carbons (Fsp3) is 0.417. The average Bonchev–Trinajstić information content (AvgIpc) is 2.24. The minimum Gasteiger partial charge on any atom is -0.481 e. The van der Waals surface area contributed by atoms with Gasteiger partial charge in [-0.1, -0.05) is 30.7 Å². The Kier molecular flexibility index (Phi) is 7.96. The monoisotopic (exact) mass is 277 g/mol. The number of hydrogen-bond acceptors (Lipinski definition) is 2. The van der Waals surface area contributed by atoms with Gasteiger partial charge < -0.3 is 10.4 Å². The topological polar surface area (TPSA) is 49.3 Å². The van der Waals surface area contributed by atoms with Gasteiger partial charge in [-0.05, 0) is 30.7 Å². The van der Waals surface area contributed by atoms with Crippen LogP contribution in [-0.2, 0) is 11.3 Å². The maximum atomic E-state index is 10.6. The van der Waals surface area contributed by atoms with Crippen LogP contribution in [0.5, 0.6) is 0 Å². The third kappa shape index (κ3) is 6.51. The molecule has 0 aliphatic carbocycles. The van der Waals surface area contributed by atoms with Crippen LogP contribution in [0.1, 0.15) is 18.9 Å². The molecule has 5 heteroatoms. The number of rotatable bonds is 6. The Balaban J connectivity index is 0.00000256. The van der Waals surface area contributed by atoms with Crippen molar-refractivity contribution in [3.8, 4) is 0 Å². The zero-order chi connectivity index (χ0) is 12.0.